The van der Waals surface area contributed by atoms with Crippen LogP contribution in [0.15, 0.2) is 51.5 Å². The van der Waals surface area contributed by atoms with E-state index >= 15 is 0 Å². The summed E-state index contributed by atoms with van der Waals surface area (Å²) in [7, 11) is 0. The number of hydrogen-bond donors (Lipinski definition) is 0. The molecule has 0 aliphatic rings. The zero-order valence-corrected chi connectivity index (χ0v) is 15.3. The summed E-state index contributed by atoms with van der Waals surface area (Å²) in [6, 6.07) is 11.5. The van der Waals surface area contributed by atoms with Crippen molar-refractivity contribution >= 4 is 21.9 Å². The third-order valence-electron chi connectivity index (χ3n) is 3.37. The number of hydrogen-bond acceptors (Lipinski definition) is 6. The molecular formula is C18H14BrFN2O4. The van der Waals surface area contributed by atoms with E-state index < -0.39 is 11.8 Å². The third-order valence-corrected chi connectivity index (χ3v) is 3.99. The molecule has 0 atom stereocenters. The van der Waals surface area contributed by atoms with Crippen LogP contribution in [-0.4, -0.2) is 22.7 Å². The van der Waals surface area contributed by atoms with Crippen LogP contribution in [0.2, 0.25) is 0 Å². The van der Waals surface area contributed by atoms with Crippen molar-refractivity contribution in [1.29, 1.82) is 0 Å². The lowest BCUT2D eigenvalue weighted by Crippen LogP contribution is -2.15. The molecule has 3 rings (SSSR count). The Hall–Kier alpha value is -2.74. The number of carbonyl (C=O) groups excluding carboxylic acids is 1. The Labute approximate surface area is 157 Å². The summed E-state index contributed by atoms with van der Waals surface area (Å²) >= 11 is 3.15. The SMILES string of the molecule is Cc1ccc(-c2nc(COC(=O)COc3ccc(F)cc3Br)no2)cc1. The van der Waals surface area contributed by atoms with Crippen molar-refractivity contribution in [3.05, 3.63) is 64.1 Å². The lowest BCUT2D eigenvalue weighted by atomic mass is 10.1. The topological polar surface area (TPSA) is 74.5 Å². The molecule has 1 aromatic heterocycles. The van der Waals surface area contributed by atoms with E-state index in [-0.39, 0.29) is 19.0 Å². The molecule has 0 unspecified atom stereocenters. The van der Waals surface area contributed by atoms with Gasteiger partial charge in [-0.2, -0.15) is 4.98 Å². The number of carbonyl (C=O) groups is 1. The maximum atomic E-state index is 13.0. The first-order chi connectivity index (χ1) is 12.5. The van der Waals surface area contributed by atoms with Crippen molar-refractivity contribution in [2.75, 3.05) is 6.61 Å². The highest BCUT2D eigenvalue weighted by Crippen LogP contribution is 2.25. The van der Waals surface area contributed by atoms with Crippen LogP contribution >= 0.6 is 15.9 Å². The zero-order valence-electron chi connectivity index (χ0n) is 13.7. The van der Waals surface area contributed by atoms with Crippen molar-refractivity contribution in [3.63, 3.8) is 0 Å². The summed E-state index contributed by atoms with van der Waals surface area (Å²) in [4.78, 5) is 15.9. The van der Waals surface area contributed by atoms with E-state index in [9.17, 15) is 9.18 Å². The van der Waals surface area contributed by atoms with E-state index in [2.05, 4.69) is 26.1 Å². The van der Waals surface area contributed by atoms with Gasteiger partial charge in [0.25, 0.3) is 5.89 Å². The van der Waals surface area contributed by atoms with Crippen molar-refractivity contribution in [3.8, 4) is 17.2 Å². The van der Waals surface area contributed by atoms with Gasteiger partial charge in [0.2, 0.25) is 5.82 Å². The molecule has 8 heteroatoms. The molecule has 0 saturated heterocycles. The van der Waals surface area contributed by atoms with E-state index in [0.717, 1.165) is 11.1 Å². The maximum absolute atomic E-state index is 13.0. The lowest BCUT2D eigenvalue weighted by molar-refractivity contribution is -0.147. The second-order valence-corrected chi connectivity index (χ2v) is 6.26. The molecule has 0 saturated carbocycles. The predicted octanol–water partition coefficient (Wildman–Crippen LogP) is 4.07. The second-order valence-electron chi connectivity index (χ2n) is 5.41. The Morgan fingerprint density at radius 3 is 2.73 bits per heavy atom. The lowest BCUT2D eigenvalue weighted by Gasteiger charge is -2.07. The Morgan fingerprint density at radius 1 is 1.23 bits per heavy atom. The molecule has 0 bridgehead atoms. The highest BCUT2D eigenvalue weighted by molar-refractivity contribution is 9.10. The molecule has 0 spiro atoms. The standard InChI is InChI=1S/C18H14BrFN2O4/c1-11-2-4-12(5-3-11)18-21-16(22-26-18)9-25-17(23)10-24-15-7-6-13(20)8-14(15)19/h2-8H,9-10H2,1H3. The normalized spacial score (nSPS) is 10.6. The molecular weight excluding hydrogens is 407 g/mol. The first kappa shape index (κ1) is 18.1. The fraction of sp³-hybridized carbons (Fsp3) is 0.167. The predicted molar refractivity (Wildman–Crippen MR) is 93.9 cm³/mol. The Morgan fingerprint density at radius 2 is 2.00 bits per heavy atom. The van der Waals surface area contributed by atoms with Gasteiger partial charge in [-0.1, -0.05) is 22.9 Å². The van der Waals surface area contributed by atoms with Crippen molar-refractivity contribution < 1.29 is 23.2 Å². The van der Waals surface area contributed by atoms with Gasteiger partial charge in [-0.3, -0.25) is 0 Å². The molecule has 3 aromatic rings. The number of halogens is 2. The second kappa shape index (κ2) is 8.09. The van der Waals surface area contributed by atoms with Gasteiger partial charge in [0.15, 0.2) is 13.2 Å². The average Bonchev–Trinajstić information content (AvgIpc) is 3.09. The third kappa shape index (κ3) is 4.66. The average molecular weight is 421 g/mol. The van der Waals surface area contributed by atoms with E-state index in [1.807, 2.05) is 31.2 Å². The molecule has 1 heterocycles. The summed E-state index contributed by atoms with van der Waals surface area (Å²) in [5, 5.41) is 3.78. The van der Waals surface area contributed by atoms with Gasteiger partial charge in [0.1, 0.15) is 11.6 Å². The van der Waals surface area contributed by atoms with Crippen LogP contribution in [0, 0.1) is 12.7 Å². The molecule has 0 N–H and O–H groups in total. The highest BCUT2D eigenvalue weighted by atomic mass is 79.9. The van der Waals surface area contributed by atoms with Gasteiger partial charge in [-0.05, 0) is 53.2 Å². The van der Waals surface area contributed by atoms with Crippen LogP contribution in [0.25, 0.3) is 11.5 Å². The fourth-order valence-electron chi connectivity index (χ4n) is 2.04. The summed E-state index contributed by atoms with van der Waals surface area (Å²) in [5.74, 6) is -0.0832. The number of aryl methyl sites for hydroxylation is 1. The summed E-state index contributed by atoms with van der Waals surface area (Å²) in [6.45, 7) is 1.52. The number of ether oxygens (including phenoxy) is 2. The minimum atomic E-state index is -0.608. The van der Waals surface area contributed by atoms with Crippen molar-refractivity contribution in [1.82, 2.24) is 10.1 Å². The summed E-state index contributed by atoms with van der Waals surface area (Å²) < 4.78 is 28.9. The molecule has 134 valence electrons. The van der Waals surface area contributed by atoms with Crippen LogP contribution in [0.5, 0.6) is 5.75 Å². The number of aromatic nitrogens is 2. The largest absolute Gasteiger partial charge is 0.481 e. The van der Waals surface area contributed by atoms with Crippen LogP contribution in [0.1, 0.15) is 11.4 Å². The fourth-order valence-corrected chi connectivity index (χ4v) is 2.51. The first-order valence-corrected chi connectivity index (χ1v) is 8.43. The van der Waals surface area contributed by atoms with E-state index in [1.54, 1.807) is 0 Å². The molecule has 0 fully saturated rings. The van der Waals surface area contributed by atoms with Crippen LogP contribution < -0.4 is 4.74 Å². The summed E-state index contributed by atoms with van der Waals surface area (Å²) in [5.41, 5.74) is 1.90. The quantitative estimate of drug-likeness (QED) is 0.559. The minimum absolute atomic E-state index is 0.137. The van der Waals surface area contributed by atoms with E-state index in [4.69, 9.17) is 14.0 Å². The number of esters is 1. The first-order valence-electron chi connectivity index (χ1n) is 7.64. The van der Waals surface area contributed by atoms with Gasteiger partial charge < -0.3 is 14.0 Å². The van der Waals surface area contributed by atoms with E-state index in [1.165, 1.54) is 18.2 Å². The molecule has 0 radical (unpaired) electrons. The number of benzene rings is 2. The molecule has 0 amide bonds. The molecule has 6 nitrogen and oxygen atoms in total. The molecule has 2 aromatic carbocycles. The number of nitrogens with zero attached hydrogens (tertiary/aromatic N) is 2. The highest BCUT2D eigenvalue weighted by Gasteiger charge is 2.12. The van der Waals surface area contributed by atoms with Gasteiger partial charge in [0.05, 0.1) is 4.47 Å². The van der Waals surface area contributed by atoms with E-state index in [0.29, 0.717) is 16.1 Å². The minimum Gasteiger partial charge on any atom is -0.481 e. The molecule has 26 heavy (non-hydrogen) atoms. The van der Waals surface area contributed by atoms with Gasteiger partial charge in [-0.25, -0.2) is 9.18 Å². The van der Waals surface area contributed by atoms with Crippen molar-refractivity contribution in [2.45, 2.75) is 13.5 Å². The molecule has 0 aliphatic carbocycles. The van der Waals surface area contributed by atoms with Gasteiger partial charge in [-0.15, -0.1) is 0 Å². The van der Waals surface area contributed by atoms with Crippen LogP contribution in [-0.2, 0) is 16.1 Å². The Bertz CT molecular complexity index is 912. The van der Waals surface area contributed by atoms with Crippen LogP contribution in [0.4, 0.5) is 4.39 Å². The summed E-state index contributed by atoms with van der Waals surface area (Å²) in [6.07, 6.45) is 0. The van der Waals surface area contributed by atoms with Crippen LogP contribution in [0.3, 0.4) is 0 Å². The zero-order chi connectivity index (χ0) is 18.5. The van der Waals surface area contributed by atoms with Gasteiger partial charge >= 0.3 is 5.97 Å². The maximum Gasteiger partial charge on any atom is 0.344 e. The van der Waals surface area contributed by atoms with Gasteiger partial charge in [0, 0.05) is 5.56 Å². The van der Waals surface area contributed by atoms with Crippen molar-refractivity contribution in [2.24, 2.45) is 0 Å². The number of rotatable bonds is 6. The Kier molecular flexibility index (Phi) is 5.62. The smallest absolute Gasteiger partial charge is 0.344 e. The monoisotopic (exact) mass is 420 g/mol. The molecule has 0 aliphatic heterocycles. The Balaban J connectivity index is 1.51.